The molecule has 1 rings (SSSR count). The lowest BCUT2D eigenvalue weighted by Gasteiger charge is -2.17. The van der Waals surface area contributed by atoms with Gasteiger partial charge in [0, 0.05) is 23.4 Å². The van der Waals surface area contributed by atoms with Crippen LogP contribution in [0.1, 0.15) is 38.7 Å². The van der Waals surface area contributed by atoms with Gasteiger partial charge in [-0.05, 0) is 17.7 Å². The maximum Gasteiger partial charge on any atom is 0.407 e. The molecule has 0 radical (unpaired) electrons. The van der Waals surface area contributed by atoms with E-state index in [4.69, 9.17) is 26.2 Å². The summed E-state index contributed by atoms with van der Waals surface area (Å²) >= 11 is 5.85. The molecule has 0 saturated heterocycles. The Bertz CT molecular complexity index is 632. The number of ether oxygens (including phenoxy) is 2. The molecule has 0 aliphatic rings. The summed E-state index contributed by atoms with van der Waals surface area (Å²) in [6.45, 7) is 5.64. The molecule has 1 aromatic carbocycles. The van der Waals surface area contributed by atoms with E-state index in [-0.39, 0.29) is 44.0 Å². The van der Waals surface area contributed by atoms with Crippen molar-refractivity contribution in [1.29, 1.82) is 0 Å². The number of alkyl carbamates (subject to hydrolysis) is 1. The zero-order valence-corrected chi connectivity index (χ0v) is 16.5. The minimum Gasteiger partial charge on any atom is -0.481 e. The third kappa shape index (κ3) is 9.28. The van der Waals surface area contributed by atoms with Crippen LogP contribution >= 0.6 is 11.6 Å². The van der Waals surface area contributed by atoms with E-state index in [0.717, 1.165) is 5.56 Å². The normalized spacial score (nSPS) is 12.9. The quantitative estimate of drug-likeness (QED) is 0.584. The molecule has 0 aromatic heterocycles. The Balaban J connectivity index is 2.44. The second kappa shape index (κ2) is 11.4. The molecule has 0 spiro atoms. The van der Waals surface area contributed by atoms with E-state index in [0.29, 0.717) is 5.02 Å². The summed E-state index contributed by atoms with van der Waals surface area (Å²) in [6, 6.07) is 6.80. The molecule has 150 valence electrons. The molecule has 0 aliphatic heterocycles. The maximum absolute atomic E-state index is 11.9. The van der Waals surface area contributed by atoms with Gasteiger partial charge in [-0.1, -0.05) is 44.5 Å². The molecule has 2 N–H and O–H groups in total. The first-order valence-corrected chi connectivity index (χ1v) is 9.11. The highest BCUT2D eigenvalue weighted by Gasteiger charge is 2.18. The van der Waals surface area contributed by atoms with E-state index in [1.165, 1.54) is 0 Å². The number of aliphatic carboxylic acids is 1. The molecule has 1 amide bonds. The number of amides is 1. The van der Waals surface area contributed by atoms with Gasteiger partial charge >= 0.3 is 18.0 Å². The fourth-order valence-electron chi connectivity index (χ4n) is 2.17. The van der Waals surface area contributed by atoms with Crippen LogP contribution in [0, 0.1) is 11.8 Å². The molecule has 7 nitrogen and oxygen atoms in total. The standard InChI is InChI=1S/C19H26ClNO6/c1-12(2)18(24)26-10-13(3)11-27-19(25)21-9-15(8-17(22)23)14-4-6-16(20)7-5-14/h4-7,12-13,15H,8-11H2,1-3H3,(H,21,25)(H,22,23)/t13?,15-/m0/s1. The first kappa shape index (κ1) is 22.8. The number of carboxylic acids is 1. The van der Waals surface area contributed by atoms with E-state index < -0.39 is 18.0 Å². The van der Waals surface area contributed by atoms with Crippen molar-refractivity contribution in [3.05, 3.63) is 34.9 Å². The second-order valence-corrected chi connectivity index (χ2v) is 7.15. The molecule has 0 fully saturated rings. The summed E-state index contributed by atoms with van der Waals surface area (Å²) in [5.41, 5.74) is 0.760. The minimum absolute atomic E-state index is 0.0851. The summed E-state index contributed by atoms with van der Waals surface area (Å²) in [7, 11) is 0. The molecule has 1 unspecified atom stereocenters. The number of esters is 1. The van der Waals surface area contributed by atoms with E-state index in [1.54, 1.807) is 45.0 Å². The fourth-order valence-corrected chi connectivity index (χ4v) is 2.29. The van der Waals surface area contributed by atoms with Crippen LogP contribution in [-0.4, -0.2) is 42.9 Å². The van der Waals surface area contributed by atoms with Gasteiger partial charge in [-0.2, -0.15) is 0 Å². The van der Waals surface area contributed by atoms with Crippen LogP contribution in [0.4, 0.5) is 4.79 Å². The Morgan fingerprint density at radius 2 is 1.67 bits per heavy atom. The number of carboxylic acid groups (broad SMARTS) is 1. The first-order chi connectivity index (χ1) is 12.7. The van der Waals surface area contributed by atoms with Crippen LogP contribution in [0.15, 0.2) is 24.3 Å². The predicted molar refractivity (Wildman–Crippen MR) is 101 cm³/mol. The average molecular weight is 400 g/mol. The van der Waals surface area contributed by atoms with Gasteiger partial charge in [0.05, 0.1) is 25.6 Å². The number of benzene rings is 1. The fraction of sp³-hybridized carbons (Fsp3) is 0.526. The summed E-state index contributed by atoms with van der Waals surface area (Å²) in [5.74, 6) is -2.03. The lowest BCUT2D eigenvalue weighted by Crippen LogP contribution is -2.31. The lowest BCUT2D eigenvalue weighted by atomic mass is 9.96. The third-order valence-electron chi connectivity index (χ3n) is 3.74. The van der Waals surface area contributed by atoms with Gasteiger partial charge in [0.15, 0.2) is 0 Å². The molecule has 2 atom stereocenters. The minimum atomic E-state index is -0.967. The van der Waals surface area contributed by atoms with Crippen molar-refractivity contribution in [2.24, 2.45) is 11.8 Å². The SMILES string of the molecule is CC(COC(=O)NC[C@H](CC(=O)O)c1ccc(Cl)cc1)COC(=O)C(C)C. The molecular weight excluding hydrogens is 374 g/mol. The average Bonchev–Trinajstić information content (AvgIpc) is 2.61. The summed E-state index contributed by atoms with van der Waals surface area (Å²) in [5, 5.41) is 12.2. The van der Waals surface area contributed by atoms with Gasteiger partial charge < -0.3 is 19.9 Å². The molecule has 0 saturated carbocycles. The summed E-state index contributed by atoms with van der Waals surface area (Å²) in [6.07, 6.45) is -0.787. The zero-order chi connectivity index (χ0) is 20.4. The Hall–Kier alpha value is -2.28. The van der Waals surface area contributed by atoms with Crippen LogP contribution in [0.5, 0.6) is 0 Å². The monoisotopic (exact) mass is 399 g/mol. The molecule has 8 heteroatoms. The number of hydrogen-bond acceptors (Lipinski definition) is 5. The number of carbonyl (C=O) groups excluding carboxylic acids is 2. The van der Waals surface area contributed by atoms with E-state index in [1.807, 2.05) is 0 Å². The second-order valence-electron chi connectivity index (χ2n) is 6.72. The molecular formula is C19H26ClNO6. The van der Waals surface area contributed by atoms with Crippen molar-refractivity contribution in [1.82, 2.24) is 5.32 Å². The highest BCUT2D eigenvalue weighted by Crippen LogP contribution is 2.21. The first-order valence-electron chi connectivity index (χ1n) is 8.73. The maximum atomic E-state index is 11.9. The van der Waals surface area contributed by atoms with Gasteiger partial charge in [-0.15, -0.1) is 0 Å². The summed E-state index contributed by atoms with van der Waals surface area (Å²) < 4.78 is 10.2. The van der Waals surface area contributed by atoms with Gasteiger partial charge in [-0.3, -0.25) is 9.59 Å². The van der Waals surface area contributed by atoms with Crippen LogP contribution in [0.25, 0.3) is 0 Å². The van der Waals surface area contributed by atoms with Crippen LogP contribution < -0.4 is 5.32 Å². The molecule has 0 aliphatic carbocycles. The Labute approximate surface area is 164 Å². The predicted octanol–water partition coefficient (Wildman–Crippen LogP) is 3.46. The number of rotatable bonds is 10. The highest BCUT2D eigenvalue weighted by molar-refractivity contribution is 6.30. The smallest absolute Gasteiger partial charge is 0.407 e. The third-order valence-corrected chi connectivity index (χ3v) is 3.99. The van der Waals surface area contributed by atoms with Gasteiger partial charge in [0.2, 0.25) is 0 Å². The van der Waals surface area contributed by atoms with Crippen molar-refractivity contribution >= 4 is 29.6 Å². The molecule has 27 heavy (non-hydrogen) atoms. The largest absolute Gasteiger partial charge is 0.481 e. The van der Waals surface area contributed by atoms with E-state index in [9.17, 15) is 14.4 Å². The summed E-state index contributed by atoms with van der Waals surface area (Å²) in [4.78, 5) is 34.3. The Kier molecular flexibility index (Phi) is 9.64. The zero-order valence-electron chi connectivity index (χ0n) is 15.7. The van der Waals surface area contributed by atoms with Crippen molar-refractivity contribution in [2.45, 2.75) is 33.1 Å². The van der Waals surface area contributed by atoms with Gasteiger partial charge in [0.25, 0.3) is 0 Å². The van der Waals surface area contributed by atoms with Crippen LogP contribution in [0.3, 0.4) is 0 Å². The van der Waals surface area contributed by atoms with Crippen molar-refractivity contribution in [3.63, 3.8) is 0 Å². The number of nitrogens with one attached hydrogen (secondary N) is 1. The van der Waals surface area contributed by atoms with Gasteiger partial charge in [-0.25, -0.2) is 4.79 Å². The Morgan fingerprint density at radius 1 is 1.07 bits per heavy atom. The highest BCUT2D eigenvalue weighted by atomic mass is 35.5. The van der Waals surface area contributed by atoms with Crippen LogP contribution in [-0.2, 0) is 19.1 Å². The topological polar surface area (TPSA) is 102 Å². The Morgan fingerprint density at radius 3 is 2.22 bits per heavy atom. The number of halogens is 1. The van der Waals surface area contributed by atoms with E-state index >= 15 is 0 Å². The van der Waals surface area contributed by atoms with E-state index in [2.05, 4.69) is 5.32 Å². The number of carbonyl (C=O) groups is 3. The lowest BCUT2D eigenvalue weighted by molar-refractivity contribution is -0.148. The number of hydrogen-bond donors (Lipinski definition) is 2. The van der Waals surface area contributed by atoms with Gasteiger partial charge in [0.1, 0.15) is 0 Å². The van der Waals surface area contributed by atoms with Crippen molar-refractivity contribution in [3.8, 4) is 0 Å². The molecule has 1 aromatic rings. The van der Waals surface area contributed by atoms with Crippen LogP contribution in [0.2, 0.25) is 5.02 Å². The van der Waals surface area contributed by atoms with Crippen molar-refractivity contribution in [2.75, 3.05) is 19.8 Å². The van der Waals surface area contributed by atoms with Crippen molar-refractivity contribution < 1.29 is 29.0 Å². The molecule has 0 heterocycles. The molecule has 0 bridgehead atoms.